The molecule has 0 saturated carbocycles. The zero-order chi connectivity index (χ0) is 9.56. The Morgan fingerprint density at radius 2 is 1.83 bits per heavy atom. The molecule has 0 unspecified atom stereocenters. The summed E-state index contributed by atoms with van der Waals surface area (Å²) in [5.74, 6) is 0. The van der Waals surface area contributed by atoms with Gasteiger partial charge in [-0.15, -0.1) is 0 Å². The van der Waals surface area contributed by atoms with Crippen LogP contribution in [0.25, 0.3) is 0 Å². The van der Waals surface area contributed by atoms with E-state index in [1.54, 1.807) is 0 Å². The lowest BCUT2D eigenvalue weighted by atomic mass is 10.1. The third-order valence-electron chi connectivity index (χ3n) is 1.74. The molecule has 0 aromatic carbocycles. The highest BCUT2D eigenvalue weighted by atomic mass is 35.5. The van der Waals surface area contributed by atoms with Crippen molar-refractivity contribution in [2.45, 2.75) is 47.0 Å². The summed E-state index contributed by atoms with van der Waals surface area (Å²) in [6, 6.07) is 0. The van der Waals surface area contributed by atoms with Gasteiger partial charge in [-0.05, 0) is 19.4 Å². The second kappa shape index (κ2) is 6.30. The average molecular weight is 187 g/mol. The van der Waals surface area contributed by atoms with Crippen molar-refractivity contribution >= 4 is 11.6 Å². The Kier molecular flexibility index (Phi) is 6.18. The molecule has 0 radical (unpaired) electrons. The van der Waals surface area contributed by atoms with Gasteiger partial charge in [0.2, 0.25) is 0 Å². The summed E-state index contributed by atoms with van der Waals surface area (Å²) in [5, 5.41) is 0.990. The first-order chi connectivity index (χ1) is 5.65. The zero-order valence-corrected chi connectivity index (χ0v) is 9.33. The molecule has 0 heterocycles. The van der Waals surface area contributed by atoms with Crippen molar-refractivity contribution in [3.63, 3.8) is 0 Å². The highest BCUT2D eigenvalue weighted by molar-refractivity contribution is 6.30. The second-order valence-corrected chi connectivity index (χ2v) is 3.60. The molecule has 0 aliphatic heterocycles. The van der Waals surface area contributed by atoms with Crippen molar-refractivity contribution in [1.29, 1.82) is 0 Å². The molecular weight excluding hydrogens is 168 g/mol. The summed E-state index contributed by atoms with van der Waals surface area (Å²) >= 11 is 5.80. The molecule has 0 saturated heterocycles. The Hall–Kier alpha value is -0.230. The van der Waals surface area contributed by atoms with Gasteiger partial charge in [-0.2, -0.15) is 0 Å². The van der Waals surface area contributed by atoms with E-state index in [0.29, 0.717) is 0 Å². The molecule has 70 valence electrons. The summed E-state index contributed by atoms with van der Waals surface area (Å²) in [6.07, 6.45) is 5.43. The highest BCUT2D eigenvalue weighted by Crippen LogP contribution is 2.28. The summed E-state index contributed by atoms with van der Waals surface area (Å²) in [4.78, 5) is 0. The van der Waals surface area contributed by atoms with Crippen LogP contribution in [0, 0.1) is 0 Å². The highest BCUT2D eigenvalue weighted by Gasteiger charge is 2.08. The minimum Gasteiger partial charge on any atom is -0.0888 e. The largest absolute Gasteiger partial charge is 0.0888 e. The number of halogens is 1. The van der Waals surface area contributed by atoms with E-state index in [9.17, 15) is 0 Å². The van der Waals surface area contributed by atoms with E-state index in [1.165, 1.54) is 17.6 Å². The Labute approximate surface area is 81.3 Å². The van der Waals surface area contributed by atoms with Gasteiger partial charge in [0.05, 0.1) is 0 Å². The van der Waals surface area contributed by atoms with Crippen LogP contribution in [0.3, 0.4) is 0 Å². The zero-order valence-electron chi connectivity index (χ0n) is 8.58. The van der Waals surface area contributed by atoms with Crippen molar-refractivity contribution in [1.82, 2.24) is 0 Å². The lowest BCUT2D eigenvalue weighted by Crippen LogP contribution is -1.76. The van der Waals surface area contributed by atoms with Crippen LogP contribution in [0.2, 0.25) is 0 Å². The lowest BCUT2D eigenvalue weighted by Gasteiger charge is -1.95. The average Bonchev–Trinajstić information content (AvgIpc) is 2.31. The van der Waals surface area contributed by atoms with E-state index < -0.39 is 0 Å². The predicted octanol–water partition coefficient (Wildman–Crippen LogP) is 4.66. The molecule has 0 bridgehead atoms. The SMILES string of the molecule is CCC.CCC1=C(C)C=C(Cl)C1. The molecule has 1 aliphatic rings. The first-order valence-electron chi connectivity index (χ1n) is 4.70. The molecule has 0 spiro atoms. The Bertz CT molecular complexity index is 187. The molecule has 1 heteroatoms. The van der Waals surface area contributed by atoms with E-state index in [0.717, 1.165) is 17.9 Å². The van der Waals surface area contributed by atoms with Gasteiger partial charge in [0.1, 0.15) is 0 Å². The minimum atomic E-state index is 0.990. The van der Waals surface area contributed by atoms with E-state index in [2.05, 4.69) is 33.8 Å². The molecular formula is C11H19Cl. The third-order valence-corrected chi connectivity index (χ3v) is 1.98. The van der Waals surface area contributed by atoms with Crippen LogP contribution in [0.15, 0.2) is 22.3 Å². The predicted molar refractivity (Wildman–Crippen MR) is 57.5 cm³/mol. The molecule has 0 nitrogen and oxygen atoms in total. The van der Waals surface area contributed by atoms with Crippen molar-refractivity contribution in [3.8, 4) is 0 Å². The minimum absolute atomic E-state index is 0.990. The smallest absolute Gasteiger partial charge is 0.0224 e. The molecule has 0 amide bonds. The van der Waals surface area contributed by atoms with Crippen LogP contribution in [-0.4, -0.2) is 0 Å². The summed E-state index contributed by atoms with van der Waals surface area (Å²) in [6.45, 7) is 8.54. The fourth-order valence-electron chi connectivity index (χ4n) is 1.14. The molecule has 12 heavy (non-hydrogen) atoms. The van der Waals surface area contributed by atoms with Gasteiger partial charge >= 0.3 is 0 Å². The summed E-state index contributed by atoms with van der Waals surface area (Å²) in [7, 11) is 0. The maximum atomic E-state index is 5.80. The number of allylic oxidation sites excluding steroid dienone is 4. The molecule has 1 rings (SSSR count). The van der Waals surface area contributed by atoms with E-state index in [-0.39, 0.29) is 0 Å². The second-order valence-electron chi connectivity index (χ2n) is 3.12. The van der Waals surface area contributed by atoms with Gasteiger partial charge in [0, 0.05) is 11.5 Å². The Morgan fingerprint density at radius 3 is 2.00 bits per heavy atom. The van der Waals surface area contributed by atoms with Gasteiger partial charge in [-0.1, -0.05) is 49.9 Å². The lowest BCUT2D eigenvalue weighted by molar-refractivity contribution is 1.03. The van der Waals surface area contributed by atoms with Crippen LogP contribution >= 0.6 is 11.6 Å². The first kappa shape index (κ1) is 11.8. The van der Waals surface area contributed by atoms with Crippen molar-refractivity contribution in [2.24, 2.45) is 0 Å². The maximum Gasteiger partial charge on any atom is 0.0224 e. The summed E-state index contributed by atoms with van der Waals surface area (Å²) in [5.41, 5.74) is 2.85. The maximum absolute atomic E-state index is 5.80. The van der Waals surface area contributed by atoms with Crippen molar-refractivity contribution in [2.75, 3.05) is 0 Å². The molecule has 0 aromatic heterocycles. The normalized spacial score (nSPS) is 15.6. The number of hydrogen-bond acceptors (Lipinski definition) is 0. The Morgan fingerprint density at radius 1 is 1.33 bits per heavy atom. The van der Waals surface area contributed by atoms with Crippen molar-refractivity contribution < 1.29 is 0 Å². The quantitative estimate of drug-likeness (QED) is 0.559. The van der Waals surface area contributed by atoms with Crippen molar-refractivity contribution in [3.05, 3.63) is 22.3 Å². The summed E-state index contributed by atoms with van der Waals surface area (Å²) < 4.78 is 0. The molecule has 0 fully saturated rings. The van der Waals surface area contributed by atoms with Crippen LogP contribution in [-0.2, 0) is 0 Å². The van der Waals surface area contributed by atoms with Gasteiger partial charge in [-0.25, -0.2) is 0 Å². The van der Waals surface area contributed by atoms with Crippen LogP contribution in [0.4, 0.5) is 0 Å². The molecule has 1 aliphatic carbocycles. The van der Waals surface area contributed by atoms with Crippen LogP contribution < -0.4 is 0 Å². The van der Waals surface area contributed by atoms with Crippen LogP contribution in [0.5, 0.6) is 0 Å². The van der Waals surface area contributed by atoms with E-state index in [4.69, 9.17) is 11.6 Å². The number of rotatable bonds is 1. The fraction of sp³-hybridized carbons (Fsp3) is 0.636. The first-order valence-corrected chi connectivity index (χ1v) is 5.08. The molecule has 0 aromatic rings. The van der Waals surface area contributed by atoms with E-state index >= 15 is 0 Å². The van der Waals surface area contributed by atoms with Gasteiger partial charge in [0.25, 0.3) is 0 Å². The standard InChI is InChI=1S/C8H11Cl.C3H8/c1-3-7-5-8(9)4-6(7)2;1-3-2/h4H,3,5H2,1-2H3;3H2,1-2H3. The molecule has 0 atom stereocenters. The topological polar surface area (TPSA) is 0 Å². The van der Waals surface area contributed by atoms with Gasteiger partial charge in [-0.3, -0.25) is 0 Å². The molecule has 0 N–H and O–H groups in total. The number of hydrogen-bond donors (Lipinski definition) is 0. The van der Waals surface area contributed by atoms with Crippen LogP contribution in [0.1, 0.15) is 47.0 Å². The van der Waals surface area contributed by atoms with Gasteiger partial charge < -0.3 is 0 Å². The third kappa shape index (κ3) is 3.96. The monoisotopic (exact) mass is 186 g/mol. The Balaban J connectivity index is 0.000000354. The fourth-order valence-corrected chi connectivity index (χ4v) is 1.46. The van der Waals surface area contributed by atoms with Gasteiger partial charge in [0.15, 0.2) is 0 Å². The van der Waals surface area contributed by atoms with E-state index in [1.807, 2.05) is 0 Å².